The molecule has 4 rings (SSSR count). The summed E-state index contributed by atoms with van der Waals surface area (Å²) in [5.74, 6) is -1.87. The predicted octanol–water partition coefficient (Wildman–Crippen LogP) is 5.15. The van der Waals surface area contributed by atoms with Crippen molar-refractivity contribution in [1.82, 2.24) is 0 Å². The summed E-state index contributed by atoms with van der Waals surface area (Å²) in [6.45, 7) is 2.36. The zero-order valence-corrected chi connectivity index (χ0v) is 13.7. The highest BCUT2D eigenvalue weighted by molar-refractivity contribution is 7.18. The Kier molecular flexibility index (Phi) is 3.62. The van der Waals surface area contributed by atoms with Gasteiger partial charge in [-0.2, -0.15) is 0 Å². The molecule has 5 heteroatoms. The molecule has 1 unspecified atom stereocenters. The van der Waals surface area contributed by atoms with Crippen molar-refractivity contribution in [3.8, 4) is 26.6 Å². The molecule has 0 aliphatic heterocycles. The molecular formula is C19H14F2O2S. The molecule has 0 radical (unpaired) electrons. The first-order chi connectivity index (χ1) is 11.6. The molecule has 0 bridgehead atoms. The molecule has 2 aromatic carbocycles. The second-order valence-electron chi connectivity index (χ2n) is 5.56. The normalized spacial score (nSPS) is 15.2. The molecule has 1 aliphatic rings. The van der Waals surface area contributed by atoms with Crippen molar-refractivity contribution < 1.29 is 18.6 Å². The van der Waals surface area contributed by atoms with Crippen molar-refractivity contribution in [2.24, 2.45) is 0 Å². The number of rotatable bonds is 2. The van der Waals surface area contributed by atoms with Gasteiger partial charge in [-0.15, -0.1) is 0 Å². The van der Waals surface area contributed by atoms with Gasteiger partial charge >= 0.3 is 0 Å². The van der Waals surface area contributed by atoms with Crippen molar-refractivity contribution in [3.05, 3.63) is 65.2 Å². The number of thiophene rings is 1. The quantitative estimate of drug-likeness (QED) is 0.696. The van der Waals surface area contributed by atoms with Crippen LogP contribution < -0.4 is 4.74 Å². The van der Waals surface area contributed by atoms with E-state index in [-0.39, 0.29) is 5.56 Å². The van der Waals surface area contributed by atoms with E-state index in [0.29, 0.717) is 28.4 Å². The lowest BCUT2D eigenvalue weighted by atomic mass is 9.95. The van der Waals surface area contributed by atoms with Crippen molar-refractivity contribution in [2.45, 2.75) is 13.0 Å². The minimum absolute atomic E-state index is 0.107. The fourth-order valence-electron chi connectivity index (χ4n) is 3.14. The number of hydrogen-bond donors (Lipinski definition) is 1. The summed E-state index contributed by atoms with van der Waals surface area (Å²) >= 11 is 1.37. The smallest absolute Gasteiger partial charge is 0.174 e. The monoisotopic (exact) mass is 344 g/mol. The van der Waals surface area contributed by atoms with E-state index >= 15 is 0 Å². The summed E-state index contributed by atoms with van der Waals surface area (Å²) in [6, 6.07) is 11.6. The van der Waals surface area contributed by atoms with Crippen LogP contribution in [-0.4, -0.2) is 11.7 Å². The van der Waals surface area contributed by atoms with Gasteiger partial charge in [-0.25, -0.2) is 8.78 Å². The number of ether oxygens (including phenoxy) is 1. The van der Waals surface area contributed by atoms with Crippen molar-refractivity contribution in [1.29, 1.82) is 0 Å². The van der Waals surface area contributed by atoms with E-state index in [1.54, 1.807) is 12.1 Å². The largest absolute Gasteiger partial charge is 0.484 e. The summed E-state index contributed by atoms with van der Waals surface area (Å²) in [5, 5.41) is 11.4. The molecule has 0 saturated heterocycles. The van der Waals surface area contributed by atoms with Crippen LogP contribution in [0.1, 0.15) is 24.2 Å². The van der Waals surface area contributed by atoms with E-state index in [9.17, 15) is 13.9 Å². The van der Waals surface area contributed by atoms with Gasteiger partial charge in [0.15, 0.2) is 16.7 Å². The highest BCUT2D eigenvalue weighted by atomic mass is 32.1. The maximum Gasteiger partial charge on any atom is 0.174 e. The SMILES string of the molecule is CCOc1cc2c(s1)-c1ccccc1C(O)c1ccc(F)c(F)c1-2. The highest BCUT2D eigenvalue weighted by Gasteiger charge is 2.30. The van der Waals surface area contributed by atoms with Gasteiger partial charge in [0.05, 0.1) is 6.61 Å². The third-order valence-corrected chi connectivity index (χ3v) is 5.27. The Bertz CT molecular complexity index is 933. The minimum Gasteiger partial charge on any atom is -0.484 e. The van der Waals surface area contributed by atoms with Crippen molar-refractivity contribution in [2.75, 3.05) is 6.61 Å². The highest BCUT2D eigenvalue weighted by Crippen LogP contribution is 2.51. The van der Waals surface area contributed by atoms with Gasteiger partial charge in [0.25, 0.3) is 0 Å². The molecule has 1 atom stereocenters. The number of fused-ring (bicyclic) bond motifs is 5. The zero-order valence-electron chi connectivity index (χ0n) is 12.8. The first-order valence-corrected chi connectivity index (χ1v) is 8.45. The third kappa shape index (κ3) is 2.16. The molecular weight excluding hydrogens is 330 g/mol. The van der Waals surface area contributed by atoms with Crippen LogP contribution in [0.25, 0.3) is 21.6 Å². The second-order valence-corrected chi connectivity index (χ2v) is 6.57. The van der Waals surface area contributed by atoms with E-state index < -0.39 is 17.7 Å². The van der Waals surface area contributed by atoms with Gasteiger partial charge in [0.2, 0.25) is 0 Å². The Morgan fingerprint density at radius 2 is 1.88 bits per heavy atom. The number of benzene rings is 2. The van der Waals surface area contributed by atoms with E-state index in [1.807, 2.05) is 25.1 Å². The van der Waals surface area contributed by atoms with Crippen LogP contribution in [0.5, 0.6) is 5.06 Å². The van der Waals surface area contributed by atoms with Crippen molar-refractivity contribution >= 4 is 11.3 Å². The van der Waals surface area contributed by atoms with E-state index in [4.69, 9.17) is 4.74 Å². The Balaban J connectivity index is 2.11. The maximum atomic E-state index is 14.6. The minimum atomic E-state index is -1.01. The van der Waals surface area contributed by atoms with E-state index in [0.717, 1.165) is 16.5 Å². The Labute approximate surface area is 142 Å². The number of halogens is 2. The molecule has 1 heterocycles. The van der Waals surface area contributed by atoms with Crippen LogP contribution in [0.15, 0.2) is 42.5 Å². The van der Waals surface area contributed by atoms with Crippen LogP contribution in [0.2, 0.25) is 0 Å². The first kappa shape index (κ1) is 15.3. The van der Waals surface area contributed by atoms with Gasteiger partial charge in [-0.3, -0.25) is 0 Å². The average Bonchev–Trinajstić information content (AvgIpc) is 2.96. The average molecular weight is 344 g/mol. The topological polar surface area (TPSA) is 29.5 Å². The summed E-state index contributed by atoms with van der Waals surface area (Å²) in [5.41, 5.74) is 2.51. The van der Waals surface area contributed by atoms with Crippen molar-refractivity contribution in [3.63, 3.8) is 0 Å². The fraction of sp³-hybridized carbons (Fsp3) is 0.158. The summed E-state index contributed by atoms with van der Waals surface area (Å²) in [4.78, 5) is 0.774. The third-order valence-electron chi connectivity index (χ3n) is 4.19. The van der Waals surface area contributed by atoms with Gasteiger partial charge in [-0.1, -0.05) is 41.7 Å². The van der Waals surface area contributed by atoms with Crippen LogP contribution >= 0.6 is 11.3 Å². The first-order valence-electron chi connectivity index (χ1n) is 7.64. The summed E-state index contributed by atoms with van der Waals surface area (Å²) < 4.78 is 34.0. The van der Waals surface area contributed by atoms with Crippen LogP contribution in [-0.2, 0) is 0 Å². The van der Waals surface area contributed by atoms with Crippen LogP contribution in [0.4, 0.5) is 8.78 Å². The molecule has 1 N–H and O–H groups in total. The molecule has 0 amide bonds. The molecule has 0 fully saturated rings. The van der Waals surface area contributed by atoms with E-state index in [1.165, 1.54) is 17.4 Å². The van der Waals surface area contributed by atoms with E-state index in [2.05, 4.69) is 0 Å². The lowest BCUT2D eigenvalue weighted by Gasteiger charge is -2.15. The molecule has 0 spiro atoms. The van der Waals surface area contributed by atoms with Gasteiger partial charge < -0.3 is 9.84 Å². The Hall–Kier alpha value is -2.24. The Morgan fingerprint density at radius 1 is 1.08 bits per heavy atom. The zero-order chi connectivity index (χ0) is 16.8. The lowest BCUT2D eigenvalue weighted by molar-refractivity contribution is 0.221. The standard InChI is InChI=1S/C19H14F2O2S/c1-2-23-15-9-13-16-12(7-8-14(20)17(16)21)18(22)10-5-3-4-6-11(10)19(13)24-15/h3-9,18,22H,2H2,1H3. The molecule has 1 aromatic heterocycles. The molecule has 0 saturated carbocycles. The molecule has 1 aliphatic carbocycles. The molecule has 3 aromatic rings. The van der Waals surface area contributed by atoms with Gasteiger partial charge in [-0.05, 0) is 29.7 Å². The molecule has 2 nitrogen and oxygen atoms in total. The number of aliphatic hydroxyl groups is 1. The van der Waals surface area contributed by atoms with Crippen LogP contribution in [0.3, 0.4) is 0 Å². The lowest BCUT2D eigenvalue weighted by Crippen LogP contribution is -2.03. The second kappa shape index (κ2) is 5.69. The summed E-state index contributed by atoms with van der Waals surface area (Å²) in [6.07, 6.45) is -1.01. The number of aliphatic hydroxyl groups excluding tert-OH is 1. The maximum absolute atomic E-state index is 14.6. The number of hydrogen-bond acceptors (Lipinski definition) is 3. The fourth-order valence-corrected chi connectivity index (χ4v) is 4.27. The van der Waals surface area contributed by atoms with Gasteiger partial charge in [0, 0.05) is 22.1 Å². The van der Waals surface area contributed by atoms with Gasteiger partial charge in [0.1, 0.15) is 6.10 Å². The Morgan fingerprint density at radius 3 is 2.67 bits per heavy atom. The molecule has 24 heavy (non-hydrogen) atoms. The summed E-state index contributed by atoms with van der Waals surface area (Å²) in [7, 11) is 0. The van der Waals surface area contributed by atoms with Crippen LogP contribution in [0, 0.1) is 11.6 Å². The molecule has 122 valence electrons. The predicted molar refractivity (Wildman–Crippen MR) is 90.3 cm³/mol.